The van der Waals surface area contributed by atoms with Gasteiger partial charge in [0.1, 0.15) is 0 Å². The fourth-order valence-electron chi connectivity index (χ4n) is 2.35. The molecule has 0 bridgehead atoms. The lowest BCUT2D eigenvalue weighted by molar-refractivity contribution is -0.120. The van der Waals surface area contributed by atoms with Gasteiger partial charge in [0.2, 0.25) is 5.91 Å². The topological polar surface area (TPSA) is 59.0 Å². The molecule has 0 aromatic carbocycles. The molecule has 0 atom stereocenters. The summed E-state index contributed by atoms with van der Waals surface area (Å²) in [5.74, 6) is 0.126. The van der Waals surface area contributed by atoms with Crippen LogP contribution < -0.4 is 10.6 Å². The minimum absolute atomic E-state index is 0.126. The van der Waals surface area contributed by atoms with E-state index in [4.69, 9.17) is 0 Å². The average molecular weight is 250 g/mol. The van der Waals surface area contributed by atoms with Crippen LogP contribution in [-0.2, 0) is 11.3 Å². The van der Waals surface area contributed by atoms with E-state index in [1.54, 1.807) is 6.20 Å². The Labute approximate surface area is 108 Å². The maximum absolute atomic E-state index is 11.6. The second kappa shape index (κ2) is 7.16. The minimum atomic E-state index is 0.126. The molecule has 5 heteroatoms. The molecule has 1 saturated carbocycles. The zero-order valence-electron chi connectivity index (χ0n) is 10.8. The molecular formula is C13H22N4O. The monoisotopic (exact) mass is 250 g/mol. The Balaban J connectivity index is 1.48. The van der Waals surface area contributed by atoms with Crippen molar-refractivity contribution < 1.29 is 4.79 Å². The van der Waals surface area contributed by atoms with Gasteiger partial charge >= 0.3 is 0 Å². The van der Waals surface area contributed by atoms with Gasteiger partial charge in [-0.2, -0.15) is 5.10 Å². The number of nitrogens with zero attached hydrogens (tertiary/aromatic N) is 2. The van der Waals surface area contributed by atoms with Crippen molar-refractivity contribution in [3.05, 3.63) is 18.5 Å². The molecule has 1 aromatic heterocycles. The highest BCUT2D eigenvalue weighted by atomic mass is 16.1. The Morgan fingerprint density at radius 3 is 2.94 bits per heavy atom. The van der Waals surface area contributed by atoms with Crippen molar-refractivity contribution in [2.45, 2.75) is 44.7 Å². The SMILES string of the molecule is O=C(CNCCCn1cccn1)NC1CCCC1. The van der Waals surface area contributed by atoms with Crippen molar-refractivity contribution in [1.82, 2.24) is 20.4 Å². The first-order valence-corrected chi connectivity index (χ1v) is 6.82. The third kappa shape index (κ3) is 4.49. The van der Waals surface area contributed by atoms with Gasteiger partial charge < -0.3 is 10.6 Å². The molecule has 1 aromatic rings. The highest BCUT2D eigenvalue weighted by Crippen LogP contribution is 2.17. The molecular weight excluding hydrogens is 228 g/mol. The zero-order valence-corrected chi connectivity index (χ0v) is 10.8. The Morgan fingerprint density at radius 2 is 2.22 bits per heavy atom. The van der Waals surface area contributed by atoms with Crippen molar-refractivity contribution >= 4 is 5.91 Å². The van der Waals surface area contributed by atoms with Crippen LogP contribution >= 0.6 is 0 Å². The van der Waals surface area contributed by atoms with Gasteiger partial charge in [0.25, 0.3) is 0 Å². The van der Waals surface area contributed by atoms with E-state index in [-0.39, 0.29) is 5.91 Å². The number of aryl methyl sites for hydroxylation is 1. The van der Waals surface area contributed by atoms with Crippen molar-refractivity contribution in [3.8, 4) is 0 Å². The number of amides is 1. The lowest BCUT2D eigenvalue weighted by Gasteiger charge is -2.12. The predicted octanol–water partition coefficient (Wildman–Crippen LogP) is 0.922. The van der Waals surface area contributed by atoms with Crippen LogP contribution in [0.5, 0.6) is 0 Å². The number of aromatic nitrogens is 2. The summed E-state index contributed by atoms with van der Waals surface area (Å²) in [7, 11) is 0. The Hall–Kier alpha value is -1.36. The average Bonchev–Trinajstić information content (AvgIpc) is 3.01. The van der Waals surface area contributed by atoms with Crippen molar-refractivity contribution in [2.24, 2.45) is 0 Å². The van der Waals surface area contributed by atoms with Gasteiger partial charge in [0, 0.05) is 25.0 Å². The predicted molar refractivity (Wildman–Crippen MR) is 70.1 cm³/mol. The van der Waals surface area contributed by atoms with Crippen LogP contribution in [-0.4, -0.2) is 34.8 Å². The first-order chi connectivity index (χ1) is 8.84. The number of nitrogens with one attached hydrogen (secondary N) is 2. The Bertz CT molecular complexity index is 344. The third-order valence-electron chi connectivity index (χ3n) is 3.31. The van der Waals surface area contributed by atoms with Gasteiger partial charge in [-0.15, -0.1) is 0 Å². The molecule has 1 amide bonds. The van der Waals surface area contributed by atoms with E-state index < -0.39 is 0 Å². The standard InChI is InChI=1S/C13H22N4O/c18-13(16-12-5-1-2-6-12)11-14-7-3-9-17-10-4-8-15-17/h4,8,10,12,14H,1-3,5-7,9,11H2,(H,16,18). The maximum Gasteiger partial charge on any atom is 0.234 e. The van der Waals surface area contributed by atoms with E-state index in [0.717, 1.165) is 32.4 Å². The highest BCUT2D eigenvalue weighted by molar-refractivity contribution is 5.78. The van der Waals surface area contributed by atoms with Gasteiger partial charge in [-0.3, -0.25) is 9.48 Å². The normalized spacial score (nSPS) is 16.0. The summed E-state index contributed by atoms with van der Waals surface area (Å²) in [5, 5.41) is 10.4. The fraction of sp³-hybridized carbons (Fsp3) is 0.692. The second-order valence-corrected chi connectivity index (χ2v) is 4.85. The van der Waals surface area contributed by atoms with Crippen LogP contribution in [0.15, 0.2) is 18.5 Å². The van der Waals surface area contributed by atoms with Gasteiger partial charge in [0.15, 0.2) is 0 Å². The molecule has 0 radical (unpaired) electrons. The summed E-state index contributed by atoms with van der Waals surface area (Å²) in [6.07, 6.45) is 9.51. The zero-order chi connectivity index (χ0) is 12.6. The summed E-state index contributed by atoms with van der Waals surface area (Å²) < 4.78 is 1.90. The molecule has 1 aliphatic rings. The molecule has 18 heavy (non-hydrogen) atoms. The molecule has 5 nitrogen and oxygen atoms in total. The lowest BCUT2D eigenvalue weighted by Crippen LogP contribution is -2.39. The number of carbonyl (C=O) groups is 1. The molecule has 2 N–H and O–H groups in total. The van der Waals surface area contributed by atoms with Gasteiger partial charge in [-0.05, 0) is 31.9 Å². The first-order valence-electron chi connectivity index (χ1n) is 6.82. The van der Waals surface area contributed by atoms with Crippen LogP contribution in [0.3, 0.4) is 0 Å². The van der Waals surface area contributed by atoms with Crippen LogP contribution in [0, 0.1) is 0 Å². The number of carbonyl (C=O) groups excluding carboxylic acids is 1. The van der Waals surface area contributed by atoms with Crippen molar-refractivity contribution in [1.29, 1.82) is 0 Å². The summed E-state index contributed by atoms with van der Waals surface area (Å²) in [5.41, 5.74) is 0. The van der Waals surface area contributed by atoms with E-state index in [1.807, 2.05) is 16.9 Å². The molecule has 0 saturated heterocycles. The summed E-state index contributed by atoms with van der Waals surface area (Å²) in [6, 6.07) is 2.34. The van der Waals surface area contributed by atoms with E-state index in [0.29, 0.717) is 12.6 Å². The fourth-order valence-corrected chi connectivity index (χ4v) is 2.35. The molecule has 1 aliphatic carbocycles. The van der Waals surface area contributed by atoms with Gasteiger partial charge in [0.05, 0.1) is 6.54 Å². The largest absolute Gasteiger partial charge is 0.352 e. The molecule has 0 aliphatic heterocycles. The molecule has 1 fully saturated rings. The van der Waals surface area contributed by atoms with Gasteiger partial charge in [-0.25, -0.2) is 0 Å². The number of hydrogen-bond acceptors (Lipinski definition) is 3. The Morgan fingerprint density at radius 1 is 1.39 bits per heavy atom. The third-order valence-corrected chi connectivity index (χ3v) is 3.31. The lowest BCUT2D eigenvalue weighted by atomic mass is 10.2. The van der Waals surface area contributed by atoms with Crippen molar-refractivity contribution in [3.63, 3.8) is 0 Å². The van der Waals surface area contributed by atoms with E-state index >= 15 is 0 Å². The minimum Gasteiger partial charge on any atom is -0.352 e. The van der Waals surface area contributed by atoms with Crippen LogP contribution in [0.4, 0.5) is 0 Å². The molecule has 1 heterocycles. The smallest absolute Gasteiger partial charge is 0.234 e. The van der Waals surface area contributed by atoms with E-state index in [1.165, 1.54) is 12.8 Å². The van der Waals surface area contributed by atoms with Crippen LogP contribution in [0.1, 0.15) is 32.1 Å². The second-order valence-electron chi connectivity index (χ2n) is 4.85. The summed E-state index contributed by atoms with van der Waals surface area (Å²) >= 11 is 0. The van der Waals surface area contributed by atoms with E-state index in [2.05, 4.69) is 15.7 Å². The summed E-state index contributed by atoms with van der Waals surface area (Å²) in [4.78, 5) is 11.6. The van der Waals surface area contributed by atoms with Crippen LogP contribution in [0.2, 0.25) is 0 Å². The van der Waals surface area contributed by atoms with Crippen molar-refractivity contribution in [2.75, 3.05) is 13.1 Å². The first kappa shape index (κ1) is 13.1. The van der Waals surface area contributed by atoms with Gasteiger partial charge in [-0.1, -0.05) is 12.8 Å². The maximum atomic E-state index is 11.6. The quantitative estimate of drug-likeness (QED) is 0.708. The van der Waals surface area contributed by atoms with Crippen LogP contribution in [0.25, 0.3) is 0 Å². The number of rotatable bonds is 7. The number of hydrogen-bond donors (Lipinski definition) is 2. The van der Waals surface area contributed by atoms with E-state index in [9.17, 15) is 4.79 Å². The highest BCUT2D eigenvalue weighted by Gasteiger charge is 2.16. The molecule has 0 spiro atoms. The molecule has 2 rings (SSSR count). The molecule has 100 valence electrons. The molecule has 0 unspecified atom stereocenters. The summed E-state index contributed by atoms with van der Waals surface area (Å²) in [6.45, 7) is 2.16. The Kier molecular flexibility index (Phi) is 5.20.